The average molecular weight is 517 g/mol. The van der Waals surface area contributed by atoms with Crippen LogP contribution in [0, 0.1) is 0 Å². The summed E-state index contributed by atoms with van der Waals surface area (Å²) in [7, 11) is 3.87. The lowest BCUT2D eigenvalue weighted by molar-refractivity contribution is -0.119. The van der Waals surface area contributed by atoms with Crippen LogP contribution in [0.3, 0.4) is 0 Å². The number of aromatic nitrogens is 1. The Morgan fingerprint density at radius 1 is 1.08 bits per heavy atom. The van der Waals surface area contributed by atoms with E-state index in [4.69, 9.17) is 11.6 Å². The summed E-state index contributed by atoms with van der Waals surface area (Å²) in [6.45, 7) is 4.04. The molecule has 0 radical (unpaired) electrons. The molecule has 2 aliphatic heterocycles. The second-order valence-electron chi connectivity index (χ2n) is 9.32. The Morgan fingerprint density at radius 3 is 2.59 bits per heavy atom. The summed E-state index contributed by atoms with van der Waals surface area (Å²) in [5, 5.41) is 6.82. The van der Waals surface area contributed by atoms with E-state index < -0.39 is 0 Å². The molecule has 1 aromatic heterocycles. The molecule has 0 bridgehead atoms. The Hall–Kier alpha value is -3.72. The van der Waals surface area contributed by atoms with Gasteiger partial charge in [-0.05, 0) is 30.8 Å². The number of carbonyl (C=O) groups is 2. The third kappa shape index (κ3) is 5.51. The van der Waals surface area contributed by atoms with Crippen LogP contribution in [0.1, 0.15) is 11.1 Å². The Kier molecular flexibility index (Phi) is 7.23. The van der Waals surface area contributed by atoms with E-state index in [1.165, 1.54) is 0 Å². The number of nitrogens with one attached hydrogen (secondary N) is 2. The monoisotopic (exact) mass is 516 g/mol. The molecule has 0 aliphatic carbocycles. The van der Waals surface area contributed by atoms with E-state index in [0.29, 0.717) is 34.3 Å². The minimum Gasteiger partial charge on any atom is -0.339 e. The molecule has 9 heteroatoms. The molecule has 2 amide bonds. The van der Waals surface area contributed by atoms with Crippen LogP contribution in [-0.4, -0.2) is 73.4 Å². The SMILES string of the molecule is CN1CCN(CC(=O)N(C)c2ccnc(NC(=C3C(=O)Nc4cc(Cl)ccc43)c3ccccc3)c2)CC1. The van der Waals surface area contributed by atoms with Crippen molar-refractivity contribution in [1.29, 1.82) is 0 Å². The molecule has 5 rings (SSSR count). The molecule has 37 heavy (non-hydrogen) atoms. The number of anilines is 3. The van der Waals surface area contributed by atoms with E-state index in [2.05, 4.69) is 32.5 Å². The predicted octanol–water partition coefficient (Wildman–Crippen LogP) is 3.88. The lowest BCUT2D eigenvalue weighted by Gasteiger charge is -2.32. The van der Waals surface area contributed by atoms with Gasteiger partial charge < -0.3 is 20.4 Å². The predicted molar refractivity (Wildman–Crippen MR) is 149 cm³/mol. The van der Waals surface area contributed by atoms with Gasteiger partial charge in [-0.2, -0.15) is 0 Å². The summed E-state index contributed by atoms with van der Waals surface area (Å²) in [4.78, 5) is 36.7. The van der Waals surface area contributed by atoms with Gasteiger partial charge in [0, 0.05) is 61.8 Å². The van der Waals surface area contributed by atoms with Crippen molar-refractivity contribution in [2.75, 3.05) is 62.4 Å². The number of piperazine rings is 1. The summed E-state index contributed by atoms with van der Waals surface area (Å²) in [5.41, 5.74) is 4.11. The van der Waals surface area contributed by atoms with Gasteiger partial charge in [-0.25, -0.2) is 4.98 Å². The fourth-order valence-corrected chi connectivity index (χ4v) is 4.72. The lowest BCUT2D eigenvalue weighted by atomic mass is 10.0. The standard InChI is InChI=1S/C28H29ClN6O2/c1-33-12-14-35(15-13-33)18-25(36)34(2)21-10-11-30-24(17-21)32-27(19-6-4-3-5-7-19)26-22-9-8-20(29)16-23(22)31-28(26)37/h3-11,16-17H,12-15,18H2,1-2H3,(H,30,32)(H,31,37). The molecule has 190 valence electrons. The van der Waals surface area contributed by atoms with Gasteiger partial charge in [-0.3, -0.25) is 14.5 Å². The summed E-state index contributed by atoms with van der Waals surface area (Å²) in [6.07, 6.45) is 1.66. The van der Waals surface area contributed by atoms with Crippen LogP contribution >= 0.6 is 11.6 Å². The largest absolute Gasteiger partial charge is 0.339 e. The summed E-state index contributed by atoms with van der Waals surface area (Å²) in [6, 6.07) is 18.6. The van der Waals surface area contributed by atoms with Crippen molar-refractivity contribution in [2.24, 2.45) is 0 Å². The average Bonchev–Trinajstić information content (AvgIpc) is 3.23. The quantitative estimate of drug-likeness (QED) is 0.484. The highest BCUT2D eigenvalue weighted by atomic mass is 35.5. The number of halogens is 1. The van der Waals surface area contributed by atoms with Gasteiger partial charge in [0.05, 0.1) is 23.5 Å². The normalized spacial score (nSPS) is 17.2. The third-order valence-electron chi connectivity index (χ3n) is 6.75. The van der Waals surface area contributed by atoms with Gasteiger partial charge in [0.1, 0.15) is 5.82 Å². The first-order chi connectivity index (χ1) is 17.9. The molecular formula is C28H29ClN6O2. The van der Waals surface area contributed by atoms with E-state index in [1.807, 2.05) is 48.5 Å². The van der Waals surface area contributed by atoms with Crippen molar-refractivity contribution in [3.05, 3.63) is 83.0 Å². The molecule has 2 N–H and O–H groups in total. The van der Waals surface area contributed by atoms with Crippen molar-refractivity contribution in [2.45, 2.75) is 0 Å². The van der Waals surface area contributed by atoms with Crippen LogP contribution in [0.25, 0.3) is 11.3 Å². The van der Waals surface area contributed by atoms with Crippen molar-refractivity contribution in [3.63, 3.8) is 0 Å². The van der Waals surface area contributed by atoms with E-state index in [1.54, 1.807) is 30.3 Å². The second-order valence-corrected chi connectivity index (χ2v) is 9.75. The molecule has 0 spiro atoms. The number of hydrogen-bond donors (Lipinski definition) is 2. The maximum absolute atomic E-state index is 13.1. The molecule has 2 aliphatic rings. The highest BCUT2D eigenvalue weighted by Gasteiger charge is 2.29. The van der Waals surface area contributed by atoms with Gasteiger partial charge in [0.25, 0.3) is 5.91 Å². The highest BCUT2D eigenvalue weighted by Crippen LogP contribution is 2.38. The van der Waals surface area contributed by atoms with E-state index in [9.17, 15) is 9.59 Å². The number of pyridine rings is 1. The van der Waals surface area contributed by atoms with Crippen molar-refractivity contribution < 1.29 is 9.59 Å². The van der Waals surface area contributed by atoms with Crippen LogP contribution in [0.4, 0.5) is 17.2 Å². The Bertz CT molecular complexity index is 1350. The maximum Gasteiger partial charge on any atom is 0.258 e. The van der Waals surface area contributed by atoms with Crippen LogP contribution in [-0.2, 0) is 9.59 Å². The van der Waals surface area contributed by atoms with Crippen molar-refractivity contribution in [3.8, 4) is 0 Å². The zero-order valence-corrected chi connectivity index (χ0v) is 21.6. The first-order valence-corrected chi connectivity index (χ1v) is 12.6. The van der Waals surface area contributed by atoms with Crippen LogP contribution < -0.4 is 15.5 Å². The molecule has 3 heterocycles. The van der Waals surface area contributed by atoms with Gasteiger partial charge >= 0.3 is 0 Å². The zero-order chi connectivity index (χ0) is 25.9. The molecule has 3 aromatic rings. The Balaban J connectivity index is 1.43. The van der Waals surface area contributed by atoms with Crippen LogP contribution in [0.5, 0.6) is 0 Å². The summed E-state index contributed by atoms with van der Waals surface area (Å²) >= 11 is 6.16. The molecule has 0 unspecified atom stereocenters. The number of fused-ring (bicyclic) bond motifs is 1. The smallest absolute Gasteiger partial charge is 0.258 e. The van der Waals surface area contributed by atoms with Crippen LogP contribution in [0.2, 0.25) is 5.02 Å². The first-order valence-electron chi connectivity index (χ1n) is 12.2. The number of rotatable bonds is 6. The highest BCUT2D eigenvalue weighted by molar-refractivity contribution is 6.38. The lowest BCUT2D eigenvalue weighted by Crippen LogP contribution is -2.48. The van der Waals surface area contributed by atoms with Gasteiger partial charge in [0.15, 0.2) is 0 Å². The maximum atomic E-state index is 13.1. The summed E-state index contributed by atoms with van der Waals surface area (Å²) < 4.78 is 0. The fourth-order valence-electron chi connectivity index (χ4n) is 4.55. The molecular weight excluding hydrogens is 488 g/mol. The summed E-state index contributed by atoms with van der Waals surface area (Å²) in [5.74, 6) is 0.321. The molecule has 1 fully saturated rings. The Labute approximate surface area is 221 Å². The van der Waals surface area contributed by atoms with Crippen molar-refractivity contribution >= 4 is 51.9 Å². The zero-order valence-electron chi connectivity index (χ0n) is 20.9. The van der Waals surface area contributed by atoms with E-state index >= 15 is 0 Å². The number of carbonyl (C=O) groups excluding carboxylic acids is 2. The van der Waals surface area contributed by atoms with Gasteiger partial charge in [0.2, 0.25) is 5.91 Å². The van der Waals surface area contributed by atoms with E-state index in [0.717, 1.165) is 43.0 Å². The third-order valence-corrected chi connectivity index (χ3v) is 6.99. The minimum atomic E-state index is -0.223. The molecule has 0 saturated carbocycles. The molecule has 8 nitrogen and oxygen atoms in total. The molecule has 1 saturated heterocycles. The second kappa shape index (κ2) is 10.7. The topological polar surface area (TPSA) is 80.8 Å². The van der Waals surface area contributed by atoms with Crippen molar-refractivity contribution in [1.82, 2.24) is 14.8 Å². The number of amides is 2. The number of benzene rings is 2. The number of nitrogens with zero attached hydrogens (tertiary/aromatic N) is 4. The van der Waals surface area contributed by atoms with Gasteiger partial charge in [-0.15, -0.1) is 0 Å². The molecule has 0 atom stereocenters. The van der Waals surface area contributed by atoms with Gasteiger partial charge in [-0.1, -0.05) is 48.0 Å². The van der Waals surface area contributed by atoms with Crippen LogP contribution in [0.15, 0.2) is 66.9 Å². The molecule has 2 aromatic carbocycles. The first kappa shape index (κ1) is 25.0. The Morgan fingerprint density at radius 2 is 1.84 bits per heavy atom. The number of hydrogen-bond acceptors (Lipinski definition) is 6. The minimum absolute atomic E-state index is 0.0179. The van der Waals surface area contributed by atoms with E-state index in [-0.39, 0.29) is 11.8 Å². The fraction of sp³-hybridized carbons (Fsp3) is 0.250. The number of likely N-dealkylation sites (N-methyl/N-ethyl adjacent to an activating group) is 2.